The normalized spacial score (nSPS) is 14.6. The van der Waals surface area contributed by atoms with E-state index in [1.54, 1.807) is 6.20 Å². The van der Waals surface area contributed by atoms with Crippen LogP contribution in [0.2, 0.25) is 5.02 Å². The van der Waals surface area contributed by atoms with Crippen molar-refractivity contribution in [3.8, 4) is 5.88 Å². The lowest BCUT2D eigenvalue weighted by Gasteiger charge is -2.09. The molecule has 0 amide bonds. The predicted molar refractivity (Wildman–Crippen MR) is 78.7 cm³/mol. The maximum absolute atomic E-state index is 6.14. The zero-order valence-electron chi connectivity index (χ0n) is 11.6. The first-order valence-corrected chi connectivity index (χ1v) is 7.68. The Balaban J connectivity index is 1.77. The zero-order chi connectivity index (χ0) is 13.5. The summed E-state index contributed by atoms with van der Waals surface area (Å²) in [4.78, 5) is 4.22. The molecule has 4 heteroatoms. The third-order valence-corrected chi connectivity index (χ3v) is 3.66. The van der Waals surface area contributed by atoms with Crippen LogP contribution in [0.1, 0.15) is 51.0 Å². The van der Waals surface area contributed by atoms with Crippen molar-refractivity contribution >= 4 is 11.6 Å². The zero-order valence-corrected chi connectivity index (χ0v) is 12.4. The van der Waals surface area contributed by atoms with E-state index in [-0.39, 0.29) is 0 Å². The van der Waals surface area contributed by atoms with Gasteiger partial charge in [-0.3, -0.25) is 0 Å². The van der Waals surface area contributed by atoms with Gasteiger partial charge in [-0.2, -0.15) is 0 Å². The highest BCUT2D eigenvalue weighted by Crippen LogP contribution is 2.23. The number of unbranched alkanes of at least 4 members (excludes halogenated alkanes) is 3. The molecule has 1 heterocycles. The predicted octanol–water partition coefficient (Wildman–Crippen LogP) is 3.95. The van der Waals surface area contributed by atoms with Gasteiger partial charge in [0.25, 0.3) is 0 Å². The van der Waals surface area contributed by atoms with E-state index in [2.05, 4.69) is 17.2 Å². The van der Waals surface area contributed by atoms with E-state index in [0.29, 0.717) is 16.9 Å². The van der Waals surface area contributed by atoms with Crippen molar-refractivity contribution < 1.29 is 4.74 Å². The van der Waals surface area contributed by atoms with E-state index in [0.717, 1.165) is 25.1 Å². The van der Waals surface area contributed by atoms with E-state index in [1.807, 2.05) is 6.07 Å². The van der Waals surface area contributed by atoms with Crippen molar-refractivity contribution in [2.75, 3.05) is 6.61 Å². The topological polar surface area (TPSA) is 34.1 Å². The Morgan fingerprint density at radius 2 is 2.21 bits per heavy atom. The lowest BCUT2D eigenvalue weighted by atomic mass is 10.2. The highest BCUT2D eigenvalue weighted by Gasteiger charge is 2.20. The molecule has 2 rings (SSSR count). The van der Waals surface area contributed by atoms with Gasteiger partial charge in [0.1, 0.15) is 0 Å². The average Bonchev–Trinajstić information content (AvgIpc) is 3.23. The van der Waals surface area contributed by atoms with Crippen molar-refractivity contribution in [3.63, 3.8) is 0 Å². The van der Waals surface area contributed by atoms with Crippen LogP contribution in [0.4, 0.5) is 0 Å². The Kier molecular flexibility index (Phi) is 5.93. The fourth-order valence-corrected chi connectivity index (χ4v) is 2.09. The second kappa shape index (κ2) is 7.71. The fourth-order valence-electron chi connectivity index (χ4n) is 1.92. The monoisotopic (exact) mass is 282 g/mol. The van der Waals surface area contributed by atoms with Gasteiger partial charge < -0.3 is 10.1 Å². The van der Waals surface area contributed by atoms with Gasteiger partial charge in [-0.05, 0) is 24.8 Å². The first-order valence-electron chi connectivity index (χ1n) is 7.30. The van der Waals surface area contributed by atoms with Crippen molar-refractivity contribution in [1.82, 2.24) is 10.3 Å². The largest absolute Gasteiger partial charge is 0.478 e. The standard InChI is InChI=1S/C15H23ClN2O/c1-2-3-4-5-8-19-15-9-12(14(16)11-18-15)10-17-13-6-7-13/h9,11,13,17H,2-8,10H2,1H3. The molecule has 1 N–H and O–H groups in total. The van der Waals surface area contributed by atoms with Gasteiger partial charge in [-0.15, -0.1) is 0 Å². The van der Waals surface area contributed by atoms with E-state index < -0.39 is 0 Å². The molecule has 0 unspecified atom stereocenters. The van der Waals surface area contributed by atoms with Gasteiger partial charge in [-0.25, -0.2) is 4.98 Å². The maximum atomic E-state index is 6.14. The van der Waals surface area contributed by atoms with Crippen LogP contribution >= 0.6 is 11.6 Å². The third kappa shape index (κ3) is 5.37. The lowest BCUT2D eigenvalue weighted by molar-refractivity contribution is 0.293. The average molecular weight is 283 g/mol. The molecule has 0 bridgehead atoms. The molecule has 0 radical (unpaired) electrons. The number of nitrogens with zero attached hydrogens (tertiary/aromatic N) is 1. The molecule has 0 aromatic carbocycles. The Morgan fingerprint density at radius 1 is 1.37 bits per heavy atom. The van der Waals surface area contributed by atoms with E-state index >= 15 is 0 Å². The van der Waals surface area contributed by atoms with Crippen LogP contribution in [-0.2, 0) is 6.54 Å². The van der Waals surface area contributed by atoms with Crippen molar-refractivity contribution in [2.24, 2.45) is 0 Å². The summed E-state index contributed by atoms with van der Waals surface area (Å²) in [6, 6.07) is 2.64. The smallest absolute Gasteiger partial charge is 0.213 e. The summed E-state index contributed by atoms with van der Waals surface area (Å²) in [7, 11) is 0. The summed E-state index contributed by atoms with van der Waals surface area (Å²) < 4.78 is 5.67. The maximum Gasteiger partial charge on any atom is 0.213 e. The van der Waals surface area contributed by atoms with Crippen molar-refractivity contribution in [3.05, 3.63) is 22.8 Å². The van der Waals surface area contributed by atoms with Crippen LogP contribution in [0.15, 0.2) is 12.3 Å². The minimum atomic E-state index is 0.683. The third-order valence-electron chi connectivity index (χ3n) is 3.32. The molecule has 1 aromatic heterocycles. The molecule has 1 fully saturated rings. The number of hydrogen-bond donors (Lipinski definition) is 1. The molecule has 0 atom stereocenters. The van der Waals surface area contributed by atoms with Crippen molar-refractivity contribution in [2.45, 2.75) is 58.0 Å². The van der Waals surface area contributed by atoms with Crippen LogP contribution in [0, 0.1) is 0 Å². The molecule has 19 heavy (non-hydrogen) atoms. The number of nitrogens with one attached hydrogen (secondary N) is 1. The first-order chi connectivity index (χ1) is 9.29. The summed E-state index contributed by atoms with van der Waals surface area (Å²) >= 11 is 6.14. The molecule has 1 aliphatic carbocycles. The van der Waals surface area contributed by atoms with Crippen LogP contribution < -0.4 is 10.1 Å². The summed E-state index contributed by atoms with van der Waals surface area (Å²) in [6.45, 7) is 3.75. The number of ether oxygens (including phenoxy) is 1. The van der Waals surface area contributed by atoms with Gasteiger partial charge in [0.15, 0.2) is 0 Å². The molecule has 0 spiro atoms. The molecule has 1 saturated carbocycles. The molecule has 1 aromatic rings. The van der Waals surface area contributed by atoms with E-state index in [9.17, 15) is 0 Å². The second-order valence-corrected chi connectivity index (χ2v) is 5.59. The Bertz CT molecular complexity index is 394. The highest BCUT2D eigenvalue weighted by molar-refractivity contribution is 6.31. The number of rotatable bonds is 9. The Morgan fingerprint density at radius 3 is 2.95 bits per heavy atom. The molecule has 1 aliphatic rings. The van der Waals surface area contributed by atoms with Gasteiger partial charge in [0, 0.05) is 24.8 Å². The second-order valence-electron chi connectivity index (χ2n) is 5.18. The highest BCUT2D eigenvalue weighted by atomic mass is 35.5. The molecule has 0 aliphatic heterocycles. The van der Waals surface area contributed by atoms with Crippen LogP contribution in [-0.4, -0.2) is 17.6 Å². The summed E-state index contributed by atoms with van der Waals surface area (Å²) in [5, 5.41) is 4.17. The molecule has 0 saturated heterocycles. The number of aromatic nitrogens is 1. The Labute approximate surface area is 120 Å². The van der Waals surface area contributed by atoms with Crippen LogP contribution in [0.5, 0.6) is 5.88 Å². The number of pyridine rings is 1. The number of hydrogen-bond acceptors (Lipinski definition) is 3. The first kappa shape index (κ1) is 14.6. The quantitative estimate of drug-likeness (QED) is 0.697. The van der Waals surface area contributed by atoms with Crippen LogP contribution in [0.3, 0.4) is 0 Å². The van der Waals surface area contributed by atoms with Gasteiger partial charge in [0.05, 0.1) is 11.6 Å². The van der Waals surface area contributed by atoms with E-state index in [4.69, 9.17) is 16.3 Å². The molecular formula is C15H23ClN2O. The molecular weight excluding hydrogens is 260 g/mol. The molecule has 3 nitrogen and oxygen atoms in total. The SMILES string of the molecule is CCCCCCOc1cc(CNC2CC2)c(Cl)cn1. The minimum absolute atomic E-state index is 0.683. The van der Waals surface area contributed by atoms with Gasteiger partial charge in [0.2, 0.25) is 5.88 Å². The van der Waals surface area contributed by atoms with Crippen molar-refractivity contribution in [1.29, 1.82) is 0 Å². The summed E-state index contributed by atoms with van der Waals surface area (Å²) in [5.41, 5.74) is 1.08. The summed E-state index contributed by atoms with van der Waals surface area (Å²) in [6.07, 6.45) is 9.08. The van der Waals surface area contributed by atoms with Gasteiger partial charge >= 0.3 is 0 Å². The Hall–Kier alpha value is -0.800. The summed E-state index contributed by atoms with van der Waals surface area (Å²) in [5.74, 6) is 0.688. The fraction of sp³-hybridized carbons (Fsp3) is 0.667. The van der Waals surface area contributed by atoms with Gasteiger partial charge in [-0.1, -0.05) is 37.8 Å². The number of halogens is 1. The molecule has 106 valence electrons. The van der Waals surface area contributed by atoms with E-state index in [1.165, 1.54) is 32.1 Å². The lowest BCUT2D eigenvalue weighted by Crippen LogP contribution is -2.15. The minimum Gasteiger partial charge on any atom is -0.478 e. The van der Waals surface area contributed by atoms with Crippen LogP contribution in [0.25, 0.3) is 0 Å².